The minimum absolute atomic E-state index is 0.0670. The third-order valence-corrected chi connectivity index (χ3v) is 8.44. The van der Waals surface area contributed by atoms with Gasteiger partial charge in [0.15, 0.2) is 0 Å². The molecule has 0 radical (unpaired) electrons. The quantitative estimate of drug-likeness (QED) is 0.331. The summed E-state index contributed by atoms with van der Waals surface area (Å²) in [5.74, 6) is 0.0874. The molecule has 0 unspecified atom stereocenters. The van der Waals surface area contributed by atoms with Gasteiger partial charge in [-0.25, -0.2) is 8.42 Å². The van der Waals surface area contributed by atoms with Crippen LogP contribution in [0.4, 0.5) is 14.5 Å². The van der Waals surface area contributed by atoms with Gasteiger partial charge in [0.05, 0.1) is 10.5 Å². The van der Waals surface area contributed by atoms with Gasteiger partial charge < -0.3 is 15.0 Å². The number of H-pyrrole nitrogens is 1. The van der Waals surface area contributed by atoms with E-state index in [1.165, 1.54) is 16.4 Å². The van der Waals surface area contributed by atoms with Gasteiger partial charge in [-0.3, -0.25) is 0 Å². The van der Waals surface area contributed by atoms with Crippen molar-refractivity contribution in [3.05, 3.63) is 78.5 Å². The molecule has 0 aliphatic carbocycles. The van der Waals surface area contributed by atoms with Gasteiger partial charge in [0.2, 0.25) is 10.0 Å². The van der Waals surface area contributed by atoms with Crippen LogP contribution in [-0.4, -0.2) is 43.4 Å². The van der Waals surface area contributed by atoms with Gasteiger partial charge in [-0.15, -0.1) is 0 Å². The van der Waals surface area contributed by atoms with Crippen molar-refractivity contribution in [3.8, 4) is 22.9 Å². The number of nitrogens with one attached hydrogen (secondary N) is 2. The number of anilines is 1. The average Bonchev–Trinajstić information content (AvgIpc) is 3.32. The molecule has 4 aromatic rings. The zero-order chi connectivity index (χ0) is 26.0. The first-order valence-corrected chi connectivity index (χ1v) is 13.2. The van der Waals surface area contributed by atoms with Crippen molar-refractivity contribution in [3.63, 3.8) is 0 Å². The van der Waals surface area contributed by atoms with E-state index in [4.69, 9.17) is 0 Å². The summed E-state index contributed by atoms with van der Waals surface area (Å²) in [5.41, 5.74) is 3.95. The Morgan fingerprint density at radius 3 is 2.32 bits per heavy atom. The summed E-state index contributed by atoms with van der Waals surface area (Å²) in [6, 6.07) is 21.0. The minimum Gasteiger partial charge on any atom is -0.435 e. The summed E-state index contributed by atoms with van der Waals surface area (Å²) in [5, 5.41) is 13.4. The van der Waals surface area contributed by atoms with Crippen LogP contribution in [0, 0.1) is 11.3 Å². The third kappa shape index (κ3) is 5.28. The number of ether oxygens (including phenoxy) is 1. The topological polar surface area (TPSA) is 98.2 Å². The number of benzene rings is 3. The first-order chi connectivity index (χ1) is 17.8. The number of halogens is 2. The van der Waals surface area contributed by atoms with Crippen LogP contribution in [0.25, 0.3) is 22.0 Å². The highest BCUT2D eigenvalue weighted by Crippen LogP contribution is 2.29. The Kier molecular flexibility index (Phi) is 6.82. The molecular formula is C27H24F2N4O3S. The van der Waals surface area contributed by atoms with E-state index in [-0.39, 0.29) is 16.7 Å². The van der Waals surface area contributed by atoms with Crippen LogP contribution in [-0.2, 0) is 10.0 Å². The van der Waals surface area contributed by atoms with E-state index in [0.29, 0.717) is 31.5 Å². The molecule has 0 saturated carbocycles. The van der Waals surface area contributed by atoms with Gasteiger partial charge in [0.1, 0.15) is 11.8 Å². The van der Waals surface area contributed by atoms with Crippen LogP contribution in [0.1, 0.15) is 18.4 Å². The summed E-state index contributed by atoms with van der Waals surface area (Å²) < 4.78 is 57.0. The number of nitriles is 1. The van der Waals surface area contributed by atoms with Crippen molar-refractivity contribution >= 4 is 26.6 Å². The molecular weight excluding hydrogens is 498 g/mol. The van der Waals surface area contributed by atoms with Gasteiger partial charge >= 0.3 is 6.61 Å². The van der Waals surface area contributed by atoms with Gasteiger partial charge in [-0.2, -0.15) is 18.3 Å². The van der Waals surface area contributed by atoms with Crippen LogP contribution >= 0.6 is 0 Å². The lowest BCUT2D eigenvalue weighted by molar-refractivity contribution is -0.0498. The Labute approximate surface area is 213 Å². The van der Waals surface area contributed by atoms with Crippen LogP contribution in [0.5, 0.6) is 5.75 Å². The van der Waals surface area contributed by atoms with Crippen molar-refractivity contribution in [1.29, 1.82) is 5.26 Å². The standard InChI is InChI=1S/C27H24F2N4O3S/c28-27(29)36-23-6-4-21(5-7-23)32-22-11-13-33(14-12-22)37(34,35)24-8-1-18(2-9-24)19-3-10-26-25(15-19)20(16-30)17-31-26/h1-10,15,17,22,27,31-32H,11-14H2. The molecule has 7 nitrogen and oxygen atoms in total. The molecule has 10 heteroatoms. The Bertz CT molecular complexity index is 1540. The first-order valence-electron chi connectivity index (χ1n) is 11.8. The summed E-state index contributed by atoms with van der Waals surface area (Å²) in [4.78, 5) is 3.30. The molecule has 190 valence electrons. The smallest absolute Gasteiger partial charge is 0.387 e. The fraction of sp³-hybridized carbons (Fsp3) is 0.222. The van der Waals surface area contributed by atoms with E-state index >= 15 is 0 Å². The fourth-order valence-corrected chi connectivity index (χ4v) is 6.04. The highest BCUT2D eigenvalue weighted by Gasteiger charge is 2.29. The van der Waals surface area contributed by atoms with Crippen molar-refractivity contribution in [2.45, 2.75) is 30.4 Å². The second-order valence-corrected chi connectivity index (χ2v) is 10.8. The molecule has 1 saturated heterocycles. The van der Waals surface area contributed by atoms with Crippen LogP contribution in [0.3, 0.4) is 0 Å². The molecule has 0 atom stereocenters. The van der Waals surface area contributed by atoms with E-state index < -0.39 is 16.6 Å². The number of sulfonamides is 1. The summed E-state index contributed by atoms with van der Waals surface area (Å²) in [7, 11) is -3.64. The molecule has 3 aromatic carbocycles. The van der Waals surface area contributed by atoms with Crippen molar-refractivity contribution in [2.75, 3.05) is 18.4 Å². The number of piperidine rings is 1. The monoisotopic (exact) mass is 522 g/mol. The predicted octanol–water partition coefficient (Wildman–Crippen LogP) is 5.57. The number of hydrogen-bond acceptors (Lipinski definition) is 5. The van der Waals surface area contributed by atoms with E-state index in [1.807, 2.05) is 18.2 Å². The number of aromatic nitrogens is 1. The Balaban J connectivity index is 1.22. The van der Waals surface area contributed by atoms with Crippen LogP contribution in [0.2, 0.25) is 0 Å². The molecule has 2 heterocycles. The molecule has 37 heavy (non-hydrogen) atoms. The number of rotatable bonds is 7. The largest absolute Gasteiger partial charge is 0.435 e. The first kappa shape index (κ1) is 24.7. The van der Waals surface area contributed by atoms with E-state index in [1.54, 1.807) is 42.6 Å². The molecule has 0 spiro atoms. The Hall–Kier alpha value is -3.94. The normalized spacial score (nSPS) is 15.1. The van der Waals surface area contributed by atoms with E-state index in [2.05, 4.69) is 21.1 Å². The van der Waals surface area contributed by atoms with Gasteiger partial charge in [0, 0.05) is 41.9 Å². The molecule has 1 fully saturated rings. The number of aromatic amines is 1. The Morgan fingerprint density at radius 1 is 1.00 bits per heavy atom. The maximum Gasteiger partial charge on any atom is 0.387 e. The van der Waals surface area contributed by atoms with Gasteiger partial charge in [-0.1, -0.05) is 18.2 Å². The van der Waals surface area contributed by atoms with Gasteiger partial charge in [0.25, 0.3) is 0 Å². The molecule has 0 bridgehead atoms. The lowest BCUT2D eigenvalue weighted by atomic mass is 10.0. The average molecular weight is 523 g/mol. The van der Waals surface area contributed by atoms with Crippen molar-refractivity contribution in [2.24, 2.45) is 0 Å². The highest BCUT2D eigenvalue weighted by atomic mass is 32.2. The zero-order valence-corrected chi connectivity index (χ0v) is 20.5. The second kappa shape index (κ2) is 10.2. The molecule has 5 rings (SSSR count). The minimum atomic E-state index is -3.64. The van der Waals surface area contributed by atoms with Crippen LogP contribution < -0.4 is 10.1 Å². The van der Waals surface area contributed by atoms with Crippen LogP contribution in [0.15, 0.2) is 77.8 Å². The zero-order valence-electron chi connectivity index (χ0n) is 19.7. The maximum absolute atomic E-state index is 13.2. The maximum atomic E-state index is 13.2. The molecule has 1 aliphatic heterocycles. The molecule has 1 aliphatic rings. The molecule has 0 amide bonds. The second-order valence-electron chi connectivity index (χ2n) is 8.82. The SMILES string of the molecule is N#Cc1c[nH]c2ccc(-c3ccc(S(=O)(=O)N4CCC(Nc5ccc(OC(F)F)cc5)CC4)cc3)cc12. The number of alkyl halides is 2. The third-order valence-electron chi connectivity index (χ3n) is 6.53. The molecule has 1 aromatic heterocycles. The fourth-order valence-electron chi connectivity index (χ4n) is 4.57. The Morgan fingerprint density at radius 2 is 1.68 bits per heavy atom. The van der Waals surface area contributed by atoms with E-state index in [0.717, 1.165) is 27.7 Å². The van der Waals surface area contributed by atoms with Crippen molar-refractivity contribution in [1.82, 2.24) is 9.29 Å². The highest BCUT2D eigenvalue weighted by molar-refractivity contribution is 7.89. The number of hydrogen-bond donors (Lipinski definition) is 2. The van der Waals surface area contributed by atoms with Crippen molar-refractivity contribution < 1.29 is 21.9 Å². The molecule has 2 N–H and O–H groups in total. The lowest BCUT2D eigenvalue weighted by Gasteiger charge is -2.32. The lowest BCUT2D eigenvalue weighted by Crippen LogP contribution is -2.42. The summed E-state index contributed by atoms with van der Waals surface area (Å²) in [6.45, 7) is -2.13. The van der Waals surface area contributed by atoms with E-state index in [9.17, 15) is 22.5 Å². The van der Waals surface area contributed by atoms with Gasteiger partial charge in [-0.05, 0) is 72.5 Å². The predicted molar refractivity (Wildman–Crippen MR) is 137 cm³/mol. The number of fused-ring (bicyclic) bond motifs is 1. The summed E-state index contributed by atoms with van der Waals surface area (Å²) >= 11 is 0. The summed E-state index contributed by atoms with van der Waals surface area (Å²) in [6.07, 6.45) is 2.90. The number of nitrogens with zero attached hydrogens (tertiary/aromatic N) is 2.